The topological polar surface area (TPSA) is 144 Å². The van der Waals surface area contributed by atoms with E-state index in [4.69, 9.17) is 42.6 Å². The number of ether oxygens (including phenoxy) is 9. The maximum absolute atomic E-state index is 13.1. The summed E-state index contributed by atoms with van der Waals surface area (Å²) in [6, 6.07) is 43.5. The Bertz CT molecular complexity index is 3590. The van der Waals surface area contributed by atoms with Gasteiger partial charge in [0, 0.05) is 71.4 Å². The number of likely N-dealkylation sites (tertiary alicyclic amines) is 3. The normalized spacial score (nSPS) is 29.0. The van der Waals surface area contributed by atoms with Gasteiger partial charge < -0.3 is 42.6 Å². The molecular weight excluding hydrogens is 1130 g/mol. The average molecular weight is 1220 g/mol. The molecule has 3 aliphatic heterocycles. The van der Waals surface area contributed by atoms with Gasteiger partial charge in [0.25, 0.3) is 0 Å². The van der Waals surface area contributed by atoms with Crippen LogP contribution in [0.15, 0.2) is 144 Å². The second-order valence-corrected chi connectivity index (χ2v) is 26.1. The van der Waals surface area contributed by atoms with Crippen LogP contribution in [-0.4, -0.2) is 155 Å². The number of carbonyl (C=O) groups is 3. The van der Waals surface area contributed by atoms with Crippen LogP contribution in [-0.2, 0) is 44.8 Å². The van der Waals surface area contributed by atoms with Crippen LogP contribution in [0.1, 0.15) is 88.6 Å². The molecule has 0 saturated carbocycles. The van der Waals surface area contributed by atoms with Gasteiger partial charge in [0.15, 0.2) is 34.5 Å². The molecule has 0 amide bonds. The molecule has 90 heavy (non-hydrogen) atoms. The van der Waals surface area contributed by atoms with Gasteiger partial charge in [-0.15, -0.1) is 0 Å². The number of carbonyl (C=O) groups excluding carboxylic acids is 3. The number of benzene rings is 6. The molecule has 3 fully saturated rings. The number of hydrogen-bond donors (Lipinski definition) is 0. The summed E-state index contributed by atoms with van der Waals surface area (Å²) in [6.45, 7) is 9.52. The molecule has 12 atom stereocenters. The third kappa shape index (κ3) is 8.29. The van der Waals surface area contributed by atoms with Gasteiger partial charge in [0.1, 0.15) is 0 Å². The first-order valence-corrected chi connectivity index (χ1v) is 30.9. The number of hydrogen-bond acceptors (Lipinski definition) is 15. The number of fused-ring (bicyclic) bond motifs is 6. The van der Waals surface area contributed by atoms with E-state index < -0.39 is 0 Å². The molecule has 15 nitrogen and oxygen atoms in total. The van der Waals surface area contributed by atoms with Crippen molar-refractivity contribution in [2.75, 3.05) is 105 Å². The molecule has 3 heterocycles. The second-order valence-electron chi connectivity index (χ2n) is 26.1. The fourth-order valence-corrected chi connectivity index (χ4v) is 19.3. The van der Waals surface area contributed by atoms with Gasteiger partial charge in [-0.25, -0.2) is 14.4 Å². The molecule has 0 spiro atoms. The van der Waals surface area contributed by atoms with Crippen molar-refractivity contribution in [3.63, 3.8) is 0 Å². The second kappa shape index (κ2) is 22.5. The highest BCUT2D eigenvalue weighted by Gasteiger charge is 2.69. The number of esters is 3. The van der Waals surface area contributed by atoms with E-state index in [1.807, 2.05) is 54.6 Å². The Kier molecular flexibility index (Phi) is 15.2. The van der Waals surface area contributed by atoms with E-state index in [2.05, 4.69) is 129 Å². The highest BCUT2D eigenvalue weighted by atomic mass is 16.5. The third-order valence-corrected chi connectivity index (χ3v) is 22.3. The lowest BCUT2D eigenvalue weighted by Crippen LogP contribution is -2.53. The quantitative estimate of drug-likeness (QED) is 0.0846. The summed E-state index contributed by atoms with van der Waals surface area (Å²) in [5.74, 6) is 5.14. The Morgan fingerprint density at radius 1 is 0.356 bits per heavy atom. The molecule has 15 heteroatoms. The molecule has 0 unspecified atom stereocenters. The summed E-state index contributed by atoms with van der Waals surface area (Å²) in [5.41, 5.74) is 15.9. The number of likely N-dealkylation sites (N-methyl/N-ethyl adjacent to an activating group) is 3. The van der Waals surface area contributed by atoms with Crippen LogP contribution >= 0.6 is 0 Å². The SMILES string of the molecule is COC(=O)C1=C(c2ccccc2)[C@H]2[C@H]3CN(C)[C@@H]1[C@]2(C)c1cc(OC)c(OC)cc13.COC(=O)C1=C(c2ccccc2)[C@H]2[C@H]3CN(C)[C@@H]1[C@]2(C)c1cc(OC)c(OC)cc13.COC(=O)C1=C(c2ccccc2)[C@H]2[C@H]3CN(C)[C@@H]1[C@]2(C)c1cc(OC)c(OC)cc13. The van der Waals surface area contributed by atoms with Crippen molar-refractivity contribution in [1.29, 1.82) is 0 Å². The van der Waals surface area contributed by atoms with E-state index >= 15 is 0 Å². The molecule has 12 bridgehead atoms. The fraction of sp³-hybridized carbons (Fsp3) is 0.400. The lowest BCUT2D eigenvalue weighted by Gasteiger charge is -2.45. The van der Waals surface area contributed by atoms with Gasteiger partial charge in [0.05, 0.1) is 98.8 Å². The molecule has 6 aliphatic carbocycles. The Balaban J connectivity index is 0.000000124. The molecule has 3 saturated heterocycles. The first-order valence-electron chi connectivity index (χ1n) is 30.9. The first kappa shape index (κ1) is 60.5. The summed E-state index contributed by atoms with van der Waals surface area (Å²) in [5, 5.41) is 0. The standard InChI is InChI=1S/3C25H27NO4/c3*1-25-17-12-19(29-4)18(28-3)11-15(17)16-13-26(2)23(25)21(24(27)30-5)20(22(16)25)14-9-7-6-8-10-14/h3*6-12,16,22-23H,13H2,1-5H3/t3*16-,22+,23-,25+/m000/s1. The van der Waals surface area contributed by atoms with Gasteiger partial charge >= 0.3 is 17.9 Å². The minimum atomic E-state index is -0.249. The number of piperidine rings is 3. The van der Waals surface area contributed by atoms with E-state index in [0.29, 0.717) is 0 Å². The molecule has 0 N–H and O–H groups in total. The zero-order valence-electron chi connectivity index (χ0n) is 54.2. The Morgan fingerprint density at radius 2 is 0.578 bits per heavy atom. The Labute approximate surface area is 528 Å². The van der Waals surface area contributed by atoms with Crippen LogP contribution in [0.5, 0.6) is 34.5 Å². The summed E-state index contributed by atoms with van der Waals surface area (Å²) in [7, 11) is 20.8. The zero-order valence-corrected chi connectivity index (χ0v) is 54.2. The van der Waals surface area contributed by atoms with Crippen molar-refractivity contribution in [2.24, 2.45) is 17.8 Å². The van der Waals surface area contributed by atoms with Crippen LogP contribution < -0.4 is 28.4 Å². The summed E-state index contributed by atoms with van der Waals surface area (Å²) >= 11 is 0. The van der Waals surface area contributed by atoms with E-state index in [0.717, 1.165) is 104 Å². The minimum absolute atomic E-state index is 0.0549. The van der Waals surface area contributed by atoms with Gasteiger partial charge in [-0.1, -0.05) is 112 Å². The van der Waals surface area contributed by atoms with E-state index in [1.54, 1.807) is 42.7 Å². The van der Waals surface area contributed by atoms with Crippen molar-refractivity contribution in [3.05, 3.63) is 194 Å². The van der Waals surface area contributed by atoms with Crippen LogP contribution in [0.4, 0.5) is 0 Å². The molecule has 9 aliphatic rings. The van der Waals surface area contributed by atoms with Crippen molar-refractivity contribution < 1.29 is 57.0 Å². The number of rotatable bonds is 12. The fourth-order valence-electron chi connectivity index (χ4n) is 19.3. The molecule has 6 aromatic carbocycles. The smallest absolute Gasteiger partial charge is 0.335 e. The largest absolute Gasteiger partial charge is 0.493 e. The lowest BCUT2D eigenvalue weighted by atomic mass is 9.68. The molecule has 15 rings (SSSR count). The molecule has 0 radical (unpaired) electrons. The minimum Gasteiger partial charge on any atom is -0.493 e. The Hall–Kier alpha value is -8.37. The van der Waals surface area contributed by atoms with Gasteiger partial charge in [0.2, 0.25) is 0 Å². The molecular formula is C75H81N3O12. The first-order chi connectivity index (χ1) is 43.4. The van der Waals surface area contributed by atoms with Crippen molar-refractivity contribution in [1.82, 2.24) is 14.7 Å². The summed E-state index contributed by atoms with van der Waals surface area (Å²) < 4.78 is 49.6. The zero-order chi connectivity index (χ0) is 63.6. The van der Waals surface area contributed by atoms with Gasteiger partial charge in [-0.05, 0) is 124 Å². The highest BCUT2D eigenvalue weighted by molar-refractivity contribution is 6.05. The Morgan fingerprint density at radius 3 is 0.789 bits per heavy atom. The predicted octanol–water partition coefficient (Wildman–Crippen LogP) is 10.9. The van der Waals surface area contributed by atoms with Crippen molar-refractivity contribution in [3.8, 4) is 34.5 Å². The molecule has 0 aromatic heterocycles. The predicted molar refractivity (Wildman–Crippen MR) is 345 cm³/mol. The van der Waals surface area contributed by atoms with E-state index in [1.165, 1.54) is 54.7 Å². The number of methoxy groups -OCH3 is 9. The van der Waals surface area contributed by atoms with Crippen LogP contribution in [0, 0.1) is 17.8 Å². The van der Waals surface area contributed by atoms with Crippen LogP contribution in [0.3, 0.4) is 0 Å². The lowest BCUT2D eigenvalue weighted by molar-refractivity contribution is -0.137. The van der Waals surface area contributed by atoms with Crippen molar-refractivity contribution >= 4 is 34.6 Å². The maximum atomic E-state index is 13.1. The molecule has 468 valence electrons. The van der Waals surface area contributed by atoms with Crippen LogP contribution in [0.25, 0.3) is 16.7 Å². The number of nitrogens with zero attached hydrogens (tertiary/aromatic N) is 3. The summed E-state index contributed by atoms with van der Waals surface area (Å²) in [6.07, 6.45) is 0. The third-order valence-electron chi connectivity index (χ3n) is 22.3. The van der Waals surface area contributed by atoms with E-state index in [-0.39, 0.29) is 87.8 Å². The van der Waals surface area contributed by atoms with E-state index in [9.17, 15) is 14.4 Å². The number of allylic oxidation sites excluding steroid dienone is 3. The molecule has 6 aromatic rings. The summed E-state index contributed by atoms with van der Waals surface area (Å²) in [4.78, 5) is 46.2. The van der Waals surface area contributed by atoms with Gasteiger partial charge in [-0.2, -0.15) is 0 Å². The average Bonchev–Trinajstić information content (AvgIpc) is 1.52. The highest BCUT2D eigenvalue weighted by Crippen LogP contribution is 2.71. The maximum Gasteiger partial charge on any atom is 0.335 e. The van der Waals surface area contributed by atoms with Crippen LogP contribution in [0.2, 0.25) is 0 Å². The van der Waals surface area contributed by atoms with Crippen molar-refractivity contribution in [2.45, 2.75) is 72.9 Å². The van der Waals surface area contributed by atoms with Gasteiger partial charge in [-0.3, -0.25) is 14.7 Å². The monoisotopic (exact) mass is 1220 g/mol.